The maximum atomic E-state index is 15.7. The molecule has 0 bridgehead atoms. The van der Waals surface area contributed by atoms with Gasteiger partial charge in [0.2, 0.25) is 5.43 Å². The summed E-state index contributed by atoms with van der Waals surface area (Å²) in [5.74, 6) is -0.802. The van der Waals surface area contributed by atoms with E-state index >= 15 is 4.39 Å². The standard InChI is InChI=1S/C28H25BrFN3O7/c1-15-24(40-28(37)38-15)13-32-9-8-31(12-23(32)16-2-4-17(29)5-3-16)22-11-21-19(10-20(22)30)26(34)25(39-27(35)36)14-33(21)18-6-7-18/h2-5,10-11,14,18,23H,6-9,12-13H2,1H3,(H,35,36). The molecule has 208 valence electrons. The number of anilines is 1. The van der Waals surface area contributed by atoms with E-state index in [0.29, 0.717) is 48.9 Å². The Bertz CT molecular complexity index is 1720. The van der Waals surface area contributed by atoms with Crippen molar-refractivity contribution in [2.24, 2.45) is 0 Å². The number of benzene rings is 2. The summed E-state index contributed by atoms with van der Waals surface area (Å²) in [6.07, 6.45) is 1.54. The molecule has 1 atom stereocenters. The van der Waals surface area contributed by atoms with Gasteiger partial charge in [-0.1, -0.05) is 28.1 Å². The largest absolute Gasteiger partial charge is 0.519 e. The Morgan fingerprint density at radius 3 is 2.55 bits per heavy atom. The number of hydrogen-bond donors (Lipinski definition) is 1. The van der Waals surface area contributed by atoms with Gasteiger partial charge in [0.25, 0.3) is 0 Å². The van der Waals surface area contributed by atoms with Crippen LogP contribution in [0, 0.1) is 12.7 Å². The molecule has 40 heavy (non-hydrogen) atoms. The molecule has 1 saturated heterocycles. The van der Waals surface area contributed by atoms with Crippen molar-refractivity contribution in [3.8, 4) is 5.75 Å². The second kappa shape index (κ2) is 10.3. The van der Waals surface area contributed by atoms with E-state index in [1.54, 1.807) is 13.0 Å². The lowest BCUT2D eigenvalue weighted by Gasteiger charge is -2.42. The van der Waals surface area contributed by atoms with Gasteiger partial charge in [0.1, 0.15) is 11.6 Å². The second-order valence-electron chi connectivity index (χ2n) is 10.1. The minimum atomic E-state index is -1.60. The molecule has 10 nitrogen and oxygen atoms in total. The zero-order valence-corrected chi connectivity index (χ0v) is 23.0. The summed E-state index contributed by atoms with van der Waals surface area (Å²) in [5.41, 5.74) is 1.21. The van der Waals surface area contributed by atoms with Crippen LogP contribution in [-0.2, 0) is 6.54 Å². The third kappa shape index (κ3) is 5.04. The molecule has 2 aromatic heterocycles. The zero-order chi connectivity index (χ0) is 28.1. The third-order valence-corrected chi connectivity index (χ3v) is 8.00. The summed E-state index contributed by atoms with van der Waals surface area (Å²) in [4.78, 5) is 39.8. The second-order valence-corrected chi connectivity index (χ2v) is 11.0. The van der Waals surface area contributed by atoms with Crippen LogP contribution in [0.5, 0.6) is 5.75 Å². The number of rotatable bonds is 6. The highest BCUT2D eigenvalue weighted by molar-refractivity contribution is 9.10. The van der Waals surface area contributed by atoms with Crippen molar-refractivity contribution in [2.45, 2.75) is 38.4 Å². The number of hydrogen-bond acceptors (Lipinski definition) is 8. The van der Waals surface area contributed by atoms with Gasteiger partial charge in [-0.2, -0.15) is 0 Å². The van der Waals surface area contributed by atoms with Crippen LogP contribution in [0.3, 0.4) is 0 Å². The van der Waals surface area contributed by atoms with Gasteiger partial charge in [0.05, 0.1) is 35.4 Å². The van der Waals surface area contributed by atoms with E-state index in [1.165, 1.54) is 12.3 Å². The van der Waals surface area contributed by atoms with E-state index in [2.05, 4.69) is 20.8 Å². The maximum Gasteiger partial charge on any atom is 0.519 e. The molecular formula is C28H25BrFN3O7. The van der Waals surface area contributed by atoms with Gasteiger partial charge in [-0.05, 0) is 49.6 Å². The van der Waals surface area contributed by atoms with Crippen molar-refractivity contribution < 1.29 is 27.9 Å². The number of aromatic nitrogens is 1. The Morgan fingerprint density at radius 1 is 1.15 bits per heavy atom. The number of carbonyl (C=O) groups is 1. The van der Waals surface area contributed by atoms with E-state index in [9.17, 15) is 14.4 Å². The minimum Gasteiger partial charge on any atom is -0.449 e. The first-order valence-electron chi connectivity index (χ1n) is 12.8. The lowest BCUT2D eigenvalue weighted by atomic mass is 10.0. The van der Waals surface area contributed by atoms with Crippen LogP contribution in [0.15, 0.2) is 65.5 Å². The number of pyridine rings is 1. The predicted octanol–water partition coefficient (Wildman–Crippen LogP) is 5.21. The highest BCUT2D eigenvalue weighted by Gasteiger charge is 2.32. The molecule has 1 aliphatic carbocycles. The van der Waals surface area contributed by atoms with Crippen molar-refractivity contribution in [1.82, 2.24) is 9.47 Å². The third-order valence-electron chi connectivity index (χ3n) is 7.47. The van der Waals surface area contributed by atoms with E-state index in [-0.39, 0.29) is 23.2 Å². The van der Waals surface area contributed by atoms with Gasteiger partial charge in [-0.15, -0.1) is 0 Å². The van der Waals surface area contributed by atoms with E-state index in [1.807, 2.05) is 33.7 Å². The van der Waals surface area contributed by atoms with Crippen LogP contribution in [-0.4, -0.2) is 40.4 Å². The Balaban J connectivity index is 1.38. The number of ether oxygens (including phenoxy) is 1. The van der Waals surface area contributed by atoms with Gasteiger partial charge in [-0.3, -0.25) is 9.69 Å². The molecule has 6 rings (SSSR count). The summed E-state index contributed by atoms with van der Waals surface area (Å²) in [5, 5.41) is 9.13. The molecule has 0 spiro atoms. The molecule has 1 aliphatic heterocycles. The Hall–Kier alpha value is -3.90. The Labute approximate surface area is 235 Å². The van der Waals surface area contributed by atoms with Crippen LogP contribution < -0.4 is 20.9 Å². The first kappa shape index (κ1) is 26.3. The van der Waals surface area contributed by atoms with Crippen molar-refractivity contribution in [3.63, 3.8) is 0 Å². The molecule has 2 fully saturated rings. The van der Waals surface area contributed by atoms with Gasteiger partial charge < -0.3 is 28.1 Å². The molecule has 2 aliphatic rings. The highest BCUT2D eigenvalue weighted by atomic mass is 79.9. The number of carboxylic acid groups (broad SMARTS) is 1. The smallest absolute Gasteiger partial charge is 0.449 e. The van der Waals surface area contributed by atoms with Crippen LogP contribution in [0.4, 0.5) is 14.9 Å². The predicted molar refractivity (Wildman–Crippen MR) is 147 cm³/mol. The molecule has 0 amide bonds. The topological polar surface area (TPSA) is 118 Å². The fourth-order valence-corrected chi connectivity index (χ4v) is 5.59. The Morgan fingerprint density at radius 2 is 1.90 bits per heavy atom. The van der Waals surface area contributed by atoms with Crippen molar-refractivity contribution in [3.05, 3.63) is 90.8 Å². The summed E-state index contributed by atoms with van der Waals surface area (Å²) < 4.78 is 33.4. The monoisotopic (exact) mass is 613 g/mol. The average Bonchev–Trinajstić information content (AvgIpc) is 3.71. The molecular weight excluding hydrogens is 589 g/mol. The summed E-state index contributed by atoms with van der Waals surface area (Å²) in [6, 6.07) is 10.6. The van der Waals surface area contributed by atoms with Crippen molar-refractivity contribution in [2.75, 3.05) is 24.5 Å². The lowest BCUT2D eigenvalue weighted by molar-refractivity contribution is 0.143. The van der Waals surface area contributed by atoms with E-state index in [4.69, 9.17) is 18.7 Å². The van der Waals surface area contributed by atoms with Gasteiger partial charge >= 0.3 is 12.0 Å². The molecule has 12 heteroatoms. The van der Waals surface area contributed by atoms with Gasteiger partial charge in [0.15, 0.2) is 11.5 Å². The van der Waals surface area contributed by atoms with Gasteiger partial charge in [0, 0.05) is 30.1 Å². The number of aryl methyl sites for hydroxylation is 1. The normalized spacial score (nSPS) is 17.9. The van der Waals surface area contributed by atoms with E-state index in [0.717, 1.165) is 22.9 Å². The van der Waals surface area contributed by atoms with Crippen LogP contribution in [0.25, 0.3) is 10.9 Å². The molecule has 1 N–H and O–H groups in total. The van der Waals surface area contributed by atoms with Gasteiger partial charge in [-0.25, -0.2) is 14.0 Å². The van der Waals surface area contributed by atoms with Crippen molar-refractivity contribution in [1.29, 1.82) is 0 Å². The molecule has 3 heterocycles. The minimum absolute atomic E-state index is 0.0699. The quantitative estimate of drug-likeness (QED) is 0.292. The van der Waals surface area contributed by atoms with Crippen LogP contribution in [0.1, 0.15) is 42.0 Å². The number of piperazine rings is 1. The molecule has 2 aromatic carbocycles. The summed E-state index contributed by atoms with van der Waals surface area (Å²) in [6.45, 7) is 3.47. The molecule has 1 saturated carbocycles. The lowest BCUT2D eigenvalue weighted by Crippen LogP contribution is -2.48. The van der Waals surface area contributed by atoms with Crippen LogP contribution in [0.2, 0.25) is 0 Å². The first-order chi connectivity index (χ1) is 19.2. The first-order valence-corrected chi connectivity index (χ1v) is 13.6. The molecule has 0 radical (unpaired) electrons. The zero-order valence-electron chi connectivity index (χ0n) is 21.4. The number of fused-ring (bicyclic) bond motifs is 1. The van der Waals surface area contributed by atoms with Crippen molar-refractivity contribution >= 4 is 38.7 Å². The summed E-state index contributed by atoms with van der Waals surface area (Å²) >= 11 is 3.47. The fraction of sp³-hybridized carbons (Fsp3) is 0.321. The fourth-order valence-electron chi connectivity index (χ4n) is 5.33. The number of halogens is 2. The SMILES string of the molecule is Cc1oc(=O)oc1CN1CCN(c2cc3c(cc2F)c(=O)c(OC(=O)O)cn3C2CC2)CC1c1ccc(Br)cc1. The Kier molecular flexibility index (Phi) is 6.75. The molecule has 4 aromatic rings. The maximum absolute atomic E-state index is 15.7. The summed E-state index contributed by atoms with van der Waals surface area (Å²) in [7, 11) is 0. The average molecular weight is 614 g/mol. The number of nitrogens with zero attached hydrogens (tertiary/aromatic N) is 3. The van der Waals surface area contributed by atoms with E-state index < -0.39 is 23.2 Å². The highest BCUT2D eigenvalue weighted by Crippen LogP contribution is 2.39. The van der Waals surface area contributed by atoms with Crippen LogP contribution >= 0.6 is 15.9 Å². The molecule has 1 unspecified atom stereocenters.